The van der Waals surface area contributed by atoms with Gasteiger partial charge in [0.1, 0.15) is 10.0 Å². The molecule has 1 heterocycles. The predicted octanol–water partition coefficient (Wildman–Crippen LogP) is 2.82. The summed E-state index contributed by atoms with van der Waals surface area (Å²) >= 11 is 17.7. The first-order chi connectivity index (χ1) is 11.9. The summed E-state index contributed by atoms with van der Waals surface area (Å²) in [7, 11) is 3.06. The Bertz CT molecular complexity index is 843. The van der Waals surface area contributed by atoms with Crippen LogP contribution in [-0.2, 0) is 0 Å². The van der Waals surface area contributed by atoms with E-state index in [1.54, 1.807) is 18.2 Å². The molecule has 132 valence electrons. The van der Waals surface area contributed by atoms with Gasteiger partial charge in [-0.1, -0.05) is 23.2 Å². The smallest absolute Gasteiger partial charge is 0.337 e. The van der Waals surface area contributed by atoms with Crippen LogP contribution in [0.2, 0.25) is 15.2 Å². The topological polar surface area (TPSA) is 100 Å². The maximum absolute atomic E-state index is 12.2. The average Bonchev–Trinajstić information content (AvgIpc) is 2.62. The van der Waals surface area contributed by atoms with Crippen molar-refractivity contribution in [3.8, 4) is 11.5 Å². The van der Waals surface area contributed by atoms with E-state index in [-0.39, 0.29) is 26.6 Å². The van der Waals surface area contributed by atoms with E-state index < -0.39 is 5.91 Å². The average molecular weight is 405 g/mol. The van der Waals surface area contributed by atoms with Crippen molar-refractivity contribution in [1.82, 2.24) is 5.43 Å². The number of aromatic amines is 1. The summed E-state index contributed by atoms with van der Waals surface area (Å²) in [5, 5.41) is 3.84. The normalized spacial score (nSPS) is 10.8. The van der Waals surface area contributed by atoms with Gasteiger partial charge in [-0.3, -0.25) is 4.79 Å². The number of hydrogen-bond donors (Lipinski definition) is 2. The molecule has 2 rings (SSSR count). The van der Waals surface area contributed by atoms with Crippen LogP contribution in [0.1, 0.15) is 16.1 Å². The molecule has 2 aromatic rings. The summed E-state index contributed by atoms with van der Waals surface area (Å²) in [5.74, 6) is 0.481. The second-order valence-corrected chi connectivity index (χ2v) is 5.80. The number of hydrazone groups is 1. The summed E-state index contributed by atoms with van der Waals surface area (Å²) in [4.78, 5) is 14.7. The molecule has 25 heavy (non-hydrogen) atoms. The van der Waals surface area contributed by atoms with Crippen LogP contribution >= 0.6 is 34.8 Å². The number of aromatic nitrogens is 1. The first-order valence-electron chi connectivity index (χ1n) is 6.79. The highest BCUT2D eigenvalue weighted by Gasteiger charge is 2.25. The van der Waals surface area contributed by atoms with Gasteiger partial charge in [0.15, 0.2) is 11.5 Å². The number of nitrogens with two attached hydrogens (primary N) is 1. The molecule has 0 saturated carbocycles. The molecule has 0 aliphatic heterocycles. The molecule has 0 aliphatic carbocycles. The van der Waals surface area contributed by atoms with Crippen molar-refractivity contribution in [3.63, 3.8) is 0 Å². The summed E-state index contributed by atoms with van der Waals surface area (Å²) in [6.45, 7) is 0. The van der Waals surface area contributed by atoms with Crippen molar-refractivity contribution in [2.45, 2.75) is 0 Å². The Kier molecular flexibility index (Phi) is 6.30. The molecular formula is C15H14Cl3N4O3+. The Labute approximate surface area is 158 Å². The minimum absolute atomic E-state index is 0.00102. The van der Waals surface area contributed by atoms with Gasteiger partial charge in [-0.15, -0.1) is 0 Å². The molecule has 0 unspecified atom stereocenters. The van der Waals surface area contributed by atoms with Gasteiger partial charge in [-0.25, -0.2) is 5.43 Å². The fourth-order valence-electron chi connectivity index (χ4n) is 1.88. The zero-order valence-corrected chi connectivity index (χ0v) is 15.5. The zero-order valence-electron chi connectivity index (χ0n) is 13.2. The first-order valence-corrected chi connectivity index (χ1v) is 7.93. The summed E-state index contributed by atoms with van der Waals surface area (Å²) in [5.41, 5.74) is 8.63. The number of carbonyl (C=O) groups excluding carboxylic acids is 1. The molecular weight excluding hydrogens is 391 g/mol. The molecule has 0 saturated heterocycles. The lowest BCUT2D eigenvalue weighted by molar-refractivity contribution is -0.379. The van der Waals surface area contributed by atoms with Gasteiger partial charge < -0.3 is 15.2 Å². The predicted molar refractivity (Wildman–Crippen MR) is 97.0 cm³/mol. The molecule has 0 bridgehead atoms. The van der Waals surface area contributed by atoms with Crippen molar-refractivity contribution in [1.29, 1.82) is 0 Å². The number of rotatable bonds is 5. The maximum Gasteiger partial charge on any atom is 0.337 e. The Morgan fingerprint density at radius 1 is 1.20 bits per heavy atom. The second-order valence-electron chi connectivity index (χ2n) is 4.67. The van der Waals surface area contributed by atoms with Crippen molar-refractivity contribution in [2.75, 3.05) is 20.0 Å². The van der Waals surface area contributed by atoms with E-state index in [2.05, 4.69) is 15.5 Å². The number of pyridine rings is 1. The molecule has 0 fully saturated rings. The third kappa shape index (κ3) is 4.25. The van der Waals surface area contributed by atoms with E-state index >= 15 is 0 Å². The number of amides is 1. The van der Waals surface area contributed by atoms with Crippen LogP contribution in [0.5, 0.6) is 11.5 Å². The molecule has 10 heteroatoms. The third-order valence-electron chi connectivity index (χ3n) is 3.13. The van der Waals surface area contributed by atoms with Gasteiger partial charge in [0.05, 0.1) is 26.1 Å². The van der Waals surface area contributed by atoms with Crippen molar-refractivity contribution in [2.24, 2.45) is 5.10 Å². The van der Waals surface area contributed by atoms with Crippen LogP contribution in [-0.4, -0.2) is 26.3 Å². The minimum Gasteiger partial charge on any atom is -0.493 e. The lowest BCUT2D eigenvalue weighted by atomic mass is 10.2. The van der Waals surface area contributed by atoms with E-state index in [9.17, 15) is 4.79 Å². The zero-order chi connectivity index (χ0) is 18.6. The van der Waals surface area contributed by atoms with Crippen LogP contribution < -0.4 is 25.6 Å². The monoisotopic (exact) mass is 403 g/mol. The maximum atomic E-state index is 12.2. The Morgan fingerprint density at radius 3 is 2.52 bits per heavy atom. The molecule has 0 atom stereocenters. The van der Waals surface area contributed by atoms with Crippen molar-refractivity contribution < 1.29 is 19.3 Å². The number of H-pyrrole nitrogens is 1. The van der Waals surface area contributed by atoms with E-state index in [0.29, 0.717) is 17.1 Å². The fraction of sp³-hybridized carbons (Fsp3) is 0.133. The number of benzene rings is 1. The van der Waals surface area contributed by atoms with Crippen LogP contribution in [0.3, 0.4) is 0 Å². The summed E-state index contributed by atoms with van der Waals surface area (Å²) in [6, 6.07) is 5.16. The Morgan fingerprint density at radius 2 is 1.88 bits per heavy atom. The SMILES string of the molecule is COc1ccc(/C=N/NC(=O)c2[nH+]c(Cl)c(Cl)c(N)c2Cl)cc1OC. The number of ether oxygens (including phenoxy) is 2. The second kappa shape index (κ2) is 8.24. The number of nitrogen functional groups attached to an aromatic ring is 1. The molecule has 0 radical (unpaired) electrons. The Hall–Kier alpha value is -2.22. The lowest BCUT2D eigenvalue weighted by Gasteiger charge is -2.07. The largest absolute Gasteiger partial charge is 0.493 e. The lowest BCUT2D eigenvalue weighted by Crippen LogP contribution is -2.28. The highest BCUT2D eigenvalue weighted by atomic mass is 35.5. The van der Waals surface area contributed by atoms with Gasteiger partial charge in [0.2, 0.25) is 0 Å². The van der Waals surface area contributed by atoms with Crippen LogP contribution in [0.25, 0.3) is 0 Å². The number of nitrogens with one attached hydrogen (secondary N) is 2. The fourth-order valence-corrected chi connectivity index (χ4v) is 2.49. The molecule has 0 spiro atoms. The van der Waals surface area contributed by atoms with Crippen molar-refractivity contribution >= 4 is 52.6 Å². The van der Waals surface area contributed by atoms with Crippen LogP contribution in [0, 0.1) is 0 Å². The molecule has 7 nitrogen and oxygen atoms in total. The first kappa shape index (κ1) is 19.1. The standard InChI is InChI=1S/C15H13Cl3N4O3/c1-24-8-4-3-7(5-9(8)25-2)6-20-22-15(23)13-10(16)12(19)11(17)14(18)21-13/h3-6H,1-2H3,(H2,19,21)(H,22,23)/p+1/b20-6+. The number of carbonyl (C=O) groups is 1. The summed E-state index contributed by atoms with van der Waals surface area (Å²) in [6.07, 6.45) is 1.43. The van der Waals surface area contributed by atoms with Gasteiger partial charge in [-0.2, -0.15) is 10.1 Å². The third-order valence-corrected chi connectivity index (χ3v) is 4.30. The van der Waals surface area contributed by atoms with E-state index in [1.165, 1.54) is 20.4 Å². The number of methoxy groups -OCH3 is 2. The van der Waals surface area contributed by atoms with Gasteiger partial charge in [0, 0.05) is 0 Å². The number of nitrogens with zero attached hydrogens (tertiary/aromatic N) is 1. The minimum atomic E-state index is -0.632. The number of halogens is 3. The molecule has 0 aliphatic rings. The van der Waals surface area contributed by atoms with E-state index in [4.69, 9.17) is 50.0 Å². The van der Waals surface area contributed by atoms with Crippen LogP contribution in [0.15, 0.2) is 23.3 Å². The highest BCUT2D eigenvalue weighted by molar-refractivity contribution is 6.45. The number of anilines is 1. The molecule has 1 amide bonds. The molecule has 1 aromatic heterocycles. The quantitative estimate of drug-likeness (QED) is 0.454. The van der Waals surface area contributed by atoms with Gasteiger partial charge >= 0.3 is 5.91 Å². The van der Waals surface area contributed by atoms with E-state index in [0.717, 1.165) is 0 Å². The molecule has 4 N–H and O–H groups in total. The van der Waals surface area contributed by atoms with Gasteiger partial charge in [0.25, 0.3) is 10.8 Å². The van der Waals surface area contributed by atoms with Crippen LogP contribution in [0.4, 0.5) is 5.69 Å². The van der Waals surface area contributed by atoms with Gasteiger partial charge in [-0.05, 0) is 35.4 Å². The molecule has 1 aromatic carbocycles. The van der Waals surface area contributed by atoms with E-state index in [1.807, 2.05) is 0 Å². The summed E-state index contributed by atoms with van der Waals surface area (Å²) < 4.78 is 10.3. The highest BCUT2D eigenvalue weighted by Crippen LogP contribution is 2.32. The van der Waals surface area contributed by atoms with Crippen molar-refractivity contribution in [3.05, 3.63) is 44.7 Å². The number of hydrogen-bond acceptors (Lipinski definition) is 5. The Balaban J connectivity index is 2.16.